The minimum absolute atomic E-state index is 0.00668. The van der Waals surface area contributed by atoms with E-state index in [0.717, 1.165) is 41.2 Å². The predicted octanol–water partition coefficient (Wildman–Crippen LogP) is 4.33. The highest BCUT2D eigenvalue weighted by Crippen LogP contribution is 2.32. The first-order valence-electron chi connectivity index (χ1n) is 9.66. The second-order valence-corrected chi connectivity index (χ2v) is 7.87. The van der Waals surface area contributed by atoms with Crippen molar-refractivity contribution in [1.82, 2.24) is 9.55 Å². The van der Waals surface area contributed by atoms with Crippen LogP contribution >= 0.6 is 0 Å². The van der Waals surface area contributed by atoms with Gasteiger partial charge < -0.3 is 9.72 Å². The number of H-pyrrole nitrogens is 1. The van der Waals surface area contributed by atoms with Crippen molar-refractivity contribution >= 4 is 11.0 Å². The molecular formula is C22H24N2O2. The molecule has 2 aliphatic carbocycles. The number of aromatic amines is 1. The number of benzene rings is 2. The van der Waals surface area contributed by atoms with Crippen molar-refractivity contribution in [2.45, 2.75) is 38.8 Å². The number of imidazole rings is 1. The lowest BCUT2D eigenvalue weighted by atomic mass is 10.0. The van der Waals surface area contributed by atoms with E-state index in [9.17, 15) is 4.79 Å². The molecule has 0 spiro atoms. The summed E-state index contributed by atoms with van der Waals surface area (Å²) in [4.78, 5) is 15.3. The largest absolute Gasteiger partial charge is 0.376 e. The first kappa shape index (κ1) is 15.9. The summed E-state index contributed by atoms with van der Waals surface area (Å²) < 4.78 is 7.64. The van der Waals surface area contributed by atoms with Gasteiger partial charge in [0.25, 0.3) is 0 Å². The lowest BCUT2D eigenvalue weighted by molar-refractivity contribution is 0.111. The van der Waals surface area contributed by atoms with Crippen molar-refractivity contribution in [3.05, 3.63) is 58.5 Å². The molecule has 0 amide bonds. The first-order valence-corrected chi connectivity index (χ1v) is 9.66. The molecule has 0 aliphatic heterocycles. The summed E-state index contributed by atoms with van der Waals surface area (Å²) in [5, 5.41) is 0. The number of nitrogens with one attached hydrogen (secondary N) is 1. The molecule has 1 aromatic heterocycles. The van der Waals surface area contributed by atoms with E-state index in [4.69, 9.17) is 4.74 Å². The molecule has 0 radical (unpaired) electrons. The highest BCUT2D eigenvalue weighted by molar-refractivity contribution is 5.82. The molecule has 2 fully saturated rings. The van der Waals surface area contributed by atoms with Crippen LogP contribution in [0.5, 0.6) is 0 Å². The van der Waals surface area contributed by atoms with Gasteiger partial charge in [-0.3, -0.25) is 4.57 Å². The predicted molar refractivity (Wildman–Crippen MR) is 103 cm³/mol. The van der Waals surface area contributed by atoms with E-state index >= 15 is 0 Å². The maximum Gasteiger partial charge on any atom is 0.326 e. The van der Waals surface area contributed by atoms with Gasteiger partial charge >= 0.3 is 5.69 Å². The Bertz CT molecular complexity index is 976. The Kier molecular flexibility index (Phi) is 3.93. The minimum atomic E-state index is 0.00668. The molecule has 0 bridgehead atoms. The zero-order valence-corrected chi connectivity index (χ0v) is 14.9. The molecule has 5 rings (SSSR count). The summed E-state index contributed by atoms with van der Waals surface area (Å²) in [5.74, 6) is 1.48. The Morgan fingerprint density at radius 1 is 0.962 bits per heavy atom. The van der Waals surface area contributed by atoms with E-state index in [1.165, 1.54) is 31.2 Å². The van der Waals surface area contributed by atoms with Crippen LogP contribution < -0.4 is 5.69 Å². The number of ether oxygens (including phenoxy) is 1. The maximum absolute atomic E-state index is 12.2. The molecule has 0 atom stereocenters. The summed E-state index contributed by atoms with van der Waals surface area (Å²) in [5.41, 5.74) is 5.43. The molecular weight excluding hydrogens is 324 g/mol. The molecule has 0 saturated heterocycles. The number of rotatable bonds is 7. The Morgan fingerprint density at radius 3 is 2.42 bits per heavy atom. The molecule has 134 valence electrons. The lowest BCUT2D eigenvalue weighted by Crippen LogP contribution is -2.17. The fourth-order valence-electron chi connectivity index (χ4n) is 3.50. The number of fused-ring (bicyclic) bond motifs is 1. The molecule has 0 unspecified atom stereocenters. The third-order valence-electron chi connectivity index (χ3n) is 5.52. The average molecular weight is 348 g/mol. The van der Waals surface area contributed by atoms with Crippen molar-refractivity contribution in [3.63, 3.8) is 0 Å². The second kappa shape index (κ2) is 6.44. The number of nitrogens with zero attached hydrogens (tertiary/aromatic N) is 1. The van der Waals surface area contributed by atoms with Crippen molar-refractivity contribution in [1.29, 1.82) is 0 Å². The van der Waals surface area contributed by atoms with Gasteiger partial charge in [-0.05, 0) is 66.3 Å². The number of hydrogen-bond donors (Lipinski definition) is 1. The van der Waals surface area contributed by atoms with Crippen LogP contribution in [0.2, 0.25) is 0 Å². The molecule has 1 N–H and O–H groups in total. The van der Waals surface area contributed by atoms with Gasteiger partial charge in [-0.15, -0.1) is 0 Å². The number of aromatic nitrogens is 2. The molecule has 2 aliphatic rings. The van der Waals surface area contributed by atoms with Crippen LogP contribution in [0.15, 0.2) is 47.3 Å². The van der Waals surface area contributed by atoms with Crippen LogP contribution in [0.4, 0.5) is 0 Å². The van der Waals surface area contributed by atoms with E-state index in [-0.39, 0.29) is 5.69 Å². The molecule has 4 nitrogen and oxygen atoms in total. The zero-order chi connectivity index (χ0) is 17.5. The van der Waals surface area contributed by atoms with E-state index in [1.54, 1.807) is 0 Å². The van der Waals surface area contributed by atoms with Crippen LogP contribution in [0.3, 0.4) is 0 Å². The highest BCUT2D eigenvalue weighted by Gasteiger charge is 2.23. The normalized spacial score (nSPS) is 17.1. The molecule has 4 heteroatoms. The van der Waals surface area contributed by atoms with E-state index < -0.39 is 0 Å². The van der Waals surface area contributed by atoms with Crippen molar-refractivity contribution in [2.24, 2.45) is 11.8 Å². The smallest absolute Gasteiger partial charge is 0.326 e. The second-order valence-electron chi connectivity index (χ2n) is 7.87. The fraction of sp³-hybridized carbons (Fsp3) is 0.409. The SMILES string of the molecule is O=c1[nH]c2cc(-c3ccc(COCC4CC4)cc3)ccc2n1CC1CC1. The Hall–Kier alpha value is -2.33. The van der Waals surface area contributed by atoms with Gasteiger partial charge in [0.2, 0.25) is 0 Å². The zero-order valence-electron chi connectivity index (χ0n) is 14.9. The first-order chi connectivity index (χ1) is 12.8. The van der Waals surface area contributed by atoms with Crippen LogP contribution in [-0.2, 0) is 17.9 Å². The van der Waals surface area contributed by atoms with Gasteiger partial charge in [0.05, 0.1) is 17.6 Å². The molecule has 2 saturated carbocycles. The topological polar surface area (TPSA) is 47.0 Å². The minimum Gasteiger partial charge on any atom is -0.376 e. The summed E-state index contributed by atoms with van der Waals surface area (Å²) in [6, 6.07) is 14.8. The molecule has 3 aromatic rings. The Labute approximate surface area is 152 Å². The maximum atomic E-state index is 12.2. The van der Waals surface area contributed by atoms with Gasteiger partial charge in [0.15, 0.2) is 0 Å². The van der Waals surface area contributed by atoms with Gasteiger partial charge in [-0.2, -0.15) is 0 Å². The van der Waals surface area contributed by atoms with Crippen LogP contribution in [0.1, 0.15) is 31.2 Å². The van der Waals surface area contributed by atoms with Crippen molar-refractivity contribution in [3.8, 4) is 11.1 Å². The van der Waals surface area contributed by atoms with Gasteiger partial charge in [-0.25, -0.2) is 4.79 Å². The lowest BCUT2D eigenvalue weighted by Gasteiger charge is -2.07. The van der Waals surface area contributed by atoms with Crippen LogP contribution in [0, 0.1) is 11.8 Å². The third kappa shape index (κ3) is 3.34. The monoisotopic (exact) mass is 348 g/mol. The summed E-state index contributed by atoms with van der Waals surface area (Å²) in [6.45, 7) is 2.42. The number of hydrogen-bond acceptors (Lipinski definition) is 2. The summed E-state index contributed by atoms with van der Waals surface area (Å²) >= 11 is 0. The van der Waals surface area contributed by atoms with Gasteiger partial charge in [-0.1, -0.05) is 30.3 Å². The van der Waals surface area contributed by atoms with Gasteiger partial charge in [0.1, 0.15) is 0 Å². The van der Waals surface area contributed by atoms with E-state index in [2.05, 4.69) is 47.4 Å². The highest BCUT2D eigenvalue weighted by atomic mass is 16.5. The summed E-state index contributed by atoms with van der Waals surface area (Å²) in [6.07, 6.45) is 5.14. The molecule has 26 heavy (non-hydrogen) atoms. The quantitative estimate of drug-likeness (QED) is 0.691. The standard InChI is InChI=1S/C22H24N2O2/c25-22-23-20-11-19(9-10-21(20)24(22)12-15-1-2-15)18-7-5-17(6-8-18)14-26-13-16-3-4-16/h5-11,15-16H,1-4,12-14H2,(H,23,25). The van der Waals surface area contributed by atoms with E-state index in [0.29, 0.717) is 12.5 Å². The van der Waals surface area contributed by atoms with Gasteiger partial charge in [0, 0.05) is 13.2 Å². The van der Waals surface area contributed by atoms with E-state index in [1.807, 2.05) is 4.57 Å². The summed E-state index contributed by atoms with van der Waals surface area (Å²) in [7, 11) is 0. The van der Waals surface area contributed by atoms with Crippen molar-refractivity contribution < 1.29 is 4.74 Å². The average Bonchev–Trinajstić information content (AvgIpc) is 3.56. The van der Waals surface area contributed by atoms with Crippen molar-refractivity contribution in [2.75, 3.05) is 6.61 Å². The van der Waals surface area contributed by atoms with Crippen LogP contribution in [0.25, 0.3) is 22.2 Å². The Morgan fingerprint density at radius 2 is 1.69 bits per heavy atom. The fourth-order valence-corrected chi connectivity index (χ4v) is 3.50. The Balaban J connectivity index is 1.35. The molecule has 2 aromatic carbocycles. The molecule has 1 heterocycles. The third-order valence-corrected chi connectivity index (χ3v) is 5.52. The van der Waals surface area contributed by atoms with Crippen LogP contribution in [-0.4, -0.2) is 16.2 Å².